The molecule has 14 heavy (non-hydrogen) atoms. The van der Waals surface area contributed by atoms with Crippen LogP contribution in [0.25, 0.3) is 10.4 Å². The van der Waals surface area contributed by atoms with Gasteiger partial charge >= 0.3 is 0 Å². The molecule has 0 spiro atoms. The summed E-state index contributed by atoms with van der Waals surface area (Å²) >= 11 is 0. The number of hydrogen-bond acceptors (Lipinski definition) is 2. The minimum absolute atomic E-state index is 0.0360. The summed E-state index contributed by atoms with van der Waals surface area (Å²) in [7, 11) is 0. The normalized spacial score (nSPS) is 11.8. The third-order valence-electron chi connectivity index (χ3n) is 1.78. The molecular weight excluding hydrogens is 178 g/mol. The summed E-state index contributed by atoms with van der Waals surface area (Å²) in [5.41, 5.74) is 9.23. The molecule has 4 heteroatoms. The quantitative estimate of drug-likeness (QED) is 0.401. The Labute approximate surface area is 83.1 Å². The second-order valence-corrected chi connectivity index (χ2v) is 3.02. The number of rotatable bonds is 5. The van der Waals surface area contributed by atoms with E-state index in [-0.39, 0.29) is 6.10 Å². The highest BCUT2D eigenvalue weighted by molar-refractivity contribution is 5.13. The zero-order chi connectivity index (χ0) is 10.2. The summed E-state index contributed by atoms with van der Waals surface area (Å²) in [4.78, 5) is 2.68. The van der Waals surface area contributed by atoms with E-state index in [4.69, 9.17) is 10.3 Å². The van der Waals surface area contributed by atoms with E-state index in [1.807, 2.05) is 37.3 Å². The van der Waals surface area contributed by atoms with Crippen LogP contribution >= 0.6 is 0 Å². The minimum atomic E-state index is -0.0360. The average molecular weight is 191 g/mol. The van der Waals surface area contributed by atoms with Crippen molar-refractivity contribution in [3.63, 3.8) is 0 Å². The van der Waals surface area contributed by atoms with Crippen LogP contribution in [0.3, 0.4) is 0 Å². The van der Waals surface area contributed by atoms with E-state index in [2.05, 4.69) is 10.0 Å². The maximum absolute atomic E-state index is 8.10. The summed E-state index contributed by atoms with van der Waals surface area (Å²) in [6, 6.07) is 9.90. The maximum Gasteiger partial charge on any atom is 0.0720 e. The first kappa shape index (κ1) is 10.6. The molecule has 0 amide bonds. The molecule has 0 bridgehead atoms. The van der Waals surface area contributed by atoms with Crippen molar-refractivity contribution in [1.29, 1.82) is 0 Å². The molecule has 0 saturated carbocycles. The number of azide groups is 1. The van der Waals surface area contributed by atoms with Crippen LogP contribution in [0.1, 0.15) is 12.5 Å². The predicted octanol–water partition coefficient (Wildman–Crippen LogP) is 2.90. The maximum atomic E-state index is 8.10. The van der Waals surface area contributed by atoms with Crippen molar-refractivity contribution in [1.82, 2.24) is 0 Å². The van der Waals surface area contributed by atoms with Crippen molar-refractivity contribution in [3.8, 4) is 0 Å². The number of benzene rings is 1. The Morgan fingerprint density at radius 1 is 1.43 bits per heavy atom. The van der Waals surface area contributed by atoms with Crippen LogP contribution in [-0.4, -0.2) is 12.6 Å². The summed E-state index contributed by atoms with van der Waals surface area (Å²) in [5, 5.41) is 3.44. The molecule has 0 saturated heterocycles. The van der Waals surface area contributed by atoms with E-state index in [1.54, 1.807) is 0 Å². The van der Waals surface area contributed by atoms with Crippen LogP contribution in [0.15, 0.2) is 35.4 Å². The zero-order valence-electron chi connectivity index (χ0n) is 8.13. The molecule has 0 fully saturated rings. The summed E-state index contributed by atoms with van der Waals surface area (Å²) in [6.07, 6.45) is -0.0360. The van der Waals surface area contributed by atoms with E-state index in [1.165, 1.54) is 0 Å². The van der Waals surface area contributed by atoms with E-state index in [9.17, 15) is 0 Å². The Hall–Kier alpha value is -1.51. The van der Waals surface area contributed by atoms with Crippen molar-refractivity contribution in [2.75, 3.05) is 6.54 Å². The van der Waals surface area contributed by atoms with Crippen LogP contribution in [0.5, 0.6) is 0 Å². The lowest BCUT2D eigenvalue weighted by atomic mass is 10.2. The first-order valence-corrected chi connectivity index (χ1v) is 4.49. The highest BCUT2D eigenvalue weighted by Gasteiger charge is 1.99. The van der Waals surface area contributed by atoms with Crippen molar-refractivity contribution in [2.24, 2.45) is 5.11 Å². The molecule has 1 rings (SSSR count). The van der Waals surface area contributed by atoms with Gasteiger partial charge in [0.05, 0.1) is 19.3 Å². The fourth-order valence-electron chi connectivity index (χ4n) is 1.02. The Kier molecular flexibility index (Phi) is 4.55. The summed E-state index contributed by atoms with van der Waals surface area (Å²) < 4.78 is 5.47. The lowest BCUT2D eigenvalue weighted by Gasteiger charge is -2.09. The molecule has 0 radical (unpaired) electrons. The van der Waals surface area contributed by atoms with E-state index in [0.29, 0.717) is 13.2 Å². The van der Waals surface area contributed by atoms with E-state index >= 15 is 0 Å². The molecular formula is C10H13N3O. The summed E-state index contributed by atoms with van der Waals surface area (Å²) in [5.74, 6) is 0. The van der Waals surface area contributed by atoms with Crippen molar-refractivity contribution < 1.29 is 4.74 Å². The van der Waals surface area contributed by atoms with E-state index < -0.39 is 0 Å². The zero-order valence-corrected chi connectivity index (χ0v) is 8.13. The molecule has 0 aliphatic heterocycles. The first-order chi connectivity index (χ1) is 6.83. The van der Waals surface area contributed by atoms with Gasteiger partial charge in [-0.15, -0.1) is 0 Å². The minimum Gasteiger partial charge on any atom is -0.374 e. The van der Waals surface area contributed by atoms with Gasteiger partial charge in [0.15, 0.2) is 0 Å². The van der Waals surface area contributed by atoms with Crippen molar-refractivity contribution in [2.45, 2.75) is 19.6 Å². The molecule has 1 aromatic rings. The number of hydrogen-bond donors (Lipinski definition) is 0. The SMILES string of the molecule is CC(CN=[N+]=[N-])OCc1ccccc1. The monoisotopic (exact) mass is 191 g/mol. The van der Waals surface area contributed by atoms with Crippen LogP contribution in [0.4, 0.5) is 0 Å². The highest BCUT2D eigenvalue weighted by Crippen LogP contribution is 2.03. The van der Waals surface area contributed by atoms with Gasteiger partial charge in [0.2, 0.25) is 0 Å². The third-order valence-corrected chi connectivity index (χ3v) is 1.78. The second kappa shape index (κ2) is 6.02. The van der Waals surface area contributed by atoms with Gasteiger partial charge < -0.3 is 4.74 Å². The Balaban J connectivity index is 2.30. The van der Waals surface area contributed by atoms with Gasteiger partial charge in [-0.3, -0.25) is 0 Å². The average Bonchev–Trinajstić information content (AvgIpc) is 2.25. The van der Waals surface area contributed by atoms with E-state index in [0.717, 1.165) is 5.56 Å². The molecule has 1 unspecified atom stereocenters. The molecule has 0 heterocycles. The van der Waals surface area contributed by atoms with Crippen LogP contribution < -0.4 is 0 Å². The van der Waals surface area contributed by atoms with Gasteiger partial charge in [0.1, 0.15) is 0 Å². The van der Waals surface area contributed by atoms with Crippen LogP contribution in [0, 0.1) is 0 Å². The van der Waals surface area contributed by atoms with Gasteiger partial charge in [-0.1, -0.05) is 35.4 Å². The Morgan fingerprint density at radius 3 is 2.79 bits per heavy atom. The molecule has 4 nitrogen and oxygen atoms in total. The molecule has 0 aromatic heterocycles. The number of nitrogens with zero attached hydrogens (tertiary/aromatic N) is 3. The predicted molar refractivity (Wildman–Crippen MR) is 54.7 cm³/mol. The Morgan fingerprint density at radius 2 is 2.14 bits per heavy atom. The molecule has 0 N–H and O–H groups in total. The standard InChI is InChI=1S/C10H13N3O/c1-9(7-12-13-11)14-8-10-5-3-2-4-6-10/h2-6,9H,7-8H2,1H3. The lowest BCUT2D eigenvalue weighted by Crippen LogP contribution is -2.11. The van der Waals surface area contributed by atoms with Gasteiger partial charge in [0, 0.05) is 4.91 Å². The fraction of sp³-hybridized carbons (Fsp3) is 0.400. The first-order valence-electron chi connectivity index (χ1n) is 4.49. The highest BCUT2D eigenvalue weighted by atomic mass is 16.5. The molecule has 1 aromatic carbocycles. The van der Waals surface area contributed by atoms with Crippen LogP contribution in [-0.2, 0) is 11.3 Å². The van der Waals surface area contributed by atoms with Gasteiger partial charge in [-0.05, 0) is 18.0 Å². The topological polar surface area (TPSA) is 58.0 Å². The number of ether oxygens (including phenoxy) is 1. The third kappa shape index (κ3) is 3.94. The molecule has 1 atom stereocenters. The fourth-order valence-corrected chi connectivity index (χ4v) is 1.02. The molecule has 74 valence electrons. The largest absolute Gasteiger partial charge is 0.374 e. The lowest BCUT2D eigenvalue weighted by molar-refractivity contribution is 0.0590. The molecule has 0 aliphatic rings. The Bertz CT molecular complexity index is 306. The second-order valence-electron chi connectivity index (χ2n) is 3.02. The van der Waals surface area contributed by atoms with Gasteiger partial charge in [-0.25, -0.2) is 0 Å². The van der Waals surface area contributed by atoms with Crippen molar-refractivity contribution >= 4 is 0 Å². The van der Waals surface area contributed by atoms with Gasteiger partial charge in [0.25, 0.3) is 0 Å². The van der Waals surface area contributed by atoms with Crippen LogP contribution in [0.2, 0.25) is 0 Å². The smallest absolute Gasteiger partial charge is 0.0720 e. The molecule has 0 aliphatic carbocycles. The summed E-state index contributed by atoms with van der Waals surface area (Å²) in [6.45, 7) is 2.82. The van der Waals surface area contributed by atoms with Gasteiger partial charge in [-0.2, -0.15) is 0 Å². The van der Waals surface area contributed by atoms with Crippen molar-refractivity contribution in [3.05, 3.63) is 46.3 Å².